The van der Waals surface area contributed by atoms with Crippen molar-refractivity contribution < 1.29 is 9.53 Å². The van der Waals surface area contributed by atoms with Crippen LogP contribution in [-0.2, 0) is 4.74 Å². The van der Waals surface area contributed by atoms with Crippen LogP contribution in [0.2, 0.25) is 0 Å². The molecule has 4 atom stereocenters. The van der Waals surface area contributed by atoms with Crippen molar-refractivity contribution in [1.82, 2.24) is 30.3 Å². The first kappa shape index (κ1) is 21.8. The monoisotopic (exact) mass is 459 g/mol. The lowest BCUT2D eigenvalue weighted by atomic mass is 9.80. The number of aromatic amines is 1. The molecule has 174 valence electrons. The van der Waals surface area contributed by atoms with Crippen LogP contribution < -0.4 is 5.32 Å². The summed E-state index contributed by atoms with van der Waals surface area (Å²) in [4.78, 5) is 16.7. The molecule has 5 rings (SSSR count). The molecule has 1 aliphatic heterocycles. The maximum absolute atomic E-state index is 11.9. The van der Waals surface area contributed by atoms with E-state index >= 15 is 0 Å². The van der Waals surface area contributed by atoms with Gasteiger partial charge >= 0.3 is 0 Å². The smallest absolute Gasteiger partial charge is 0.269 e. The number of aromatic nitrogens is 4. The van der Waals surface area contributed by atoms with E-state index in [9.17, 15) is 10.1 Å². The van der Waals surface area contributed by atoms with Crippen molar-refractivity contribution in [1.29, 1.82) is 5.26 Å². The topological polar surface area (TPSA) is 137 Å². The first-order valence-electron chi connectivity index (χ1n) is 11.0. The predicted octanol–water partition coefficient (Wildman–Crippen LogP) is 2.08. The number of hydrazone groups is 1. The van der Waals surface area contributed by atoms with E-state index in [0.29, 0.717) is 40.8 Å². The van der Waals surface area contributed by atoms with Gasteiger partial charge in [0.25, 0.3) is 5.91 Å². The molecule has 2 unspecified atom stereocenters. The second-order valence-electron chi connectivity index (χ2n) is 8.61. The van der Waals surface area contributed by atoms with E-state index in [-0.39, 0.29) is 23.5 Å². The standard InChI is InChI=1S/C23H25N9O2/c1-5-26-31-12-17(15-8-16(30-29-15)22(33)25-3)28-20(13(31)2)14-10-27-32(11-14)21-19-18(34-4)9-23(19,21)6-7-24/h5,8,10-12,18-19,21H,2,6,9H2,1,3-4H3,(H,25,33)(H,29,30)/b26-5-/t18-,19?,21?,23-/m0/s1. The van der Waals surface area contributed by atoms with Gasteiger partial charge in [-0.2, -0.15) is 20.6 Å². The fourth-order valence-corrected chi connectivity index (χ4v) is 5.19. The molecule has 0 spiro atoms. The molecule has 2 fully saturated rings. The zero-order valence-corrected chi connectivity index (χ0v) is 19.2. The van der Waals surface area contributed by atoms with Gasteiger partial charge in [0.05, 0.1) is 42.0 Å². The highest BCUT2D eigenvalue weighted by Gasteiger charge is 2.77. The Morgan fingerprint density at radius 3 is 3.09 bits per heavy atom. The van der Waals surface area contributed by atoms with Crippen molar-refractivity contribution >= 4 is 23.5 Å². The highest BCUT2D eigenvalue weighted by Crippen LogP contribution is 2.76. The number of hydrogen-bond acceptors (Lipinski definition) is 8. The number of H-pyrrole nitrogens is 1. The molecule has 0 aromatic carbocycles. The Hall–Kier alpha value is -4.04. The minimum atomic E-state index is -0.270. The van der Waals surface area contributed by atoms with Crippen LogP contribution in [0.15, 0.2) is 47.0 Å². The first-order valence-corrected chi connectivity index (χ1v) is 11.0. The number of rotatable bonds is 7. The molecule has 11 nitrogen and oxygen atoms in total. The van der Waals surface area contributed by atoms with E-state index in [1.807, 2.05) is 17.8 Å². The molecule has 3 heterocycles. The number of allylic oxidation sites excluding steroid dienone is 1. The number of carbonyl (C=O) groups is 1. The lowest BCUT2D eigenvalue weighted by Gasteiger charge is -2.30. The van der Waals surface area contributed by atoms with Crippen molar-refractivity contribution in [3.8, 4) is 6.07 Å². The fourth-order valence-electron chi connectivity index (χ4n) is 5.19. The van der Waals surface area contributed by atoms with Gasteiger partial charge in [0.1, 0.15) is 17.1 Å². The summed E-state index contributed by atoms with van der Waals surface area (Å²) < 4.78 is 7.50. The van der Waals surface area contributed by atoms with Crippen molar-refractivity contribution in [3.05, 3.63) is 53.9 Å². The Balaban J connectivity index is 1.47. The Kier molecular flexibility index (Phi) is 5.17. The third-order valence-corrected chi connectivity index (χ3v) is 6.92. The van der Waals surface area contributed by atoms with E-state index in [4.69, 9.17) is 9.73 Å². The summed E-state index contributed by atoms with van der Waals surface area (Å²) in [5, 5.41) is 29.5. The summed E-state index contributed by atoms with van der Waals surface area (Å²) in [6.45, 7) is 5.98. The van der Waals surface area contributed by atoms with E-state index < -0.39 is 0 Å². The molecule has 0 bridgehead atoms. The summed E-state index contributed by atoms with van der Waals surface area (Å²) in [5.41, 5.74) is 3.27. The maximum atomic E-state index is 11.9. The molecule has 2 aliphatic carbocycles. The molecule has 2 saturated carbocycles. The Morgan fingerprint density at radius 1 is 1.56 bits per heavy atom. The average molecular weight is 460 g/mol. The van der Waals surface area contributed by atoms with Crippen LogP contribution in [0.25, 0.3) is 5.70 Å². The lowest BCUT2D eigenvalue weighted by molar-refractivity contribution is -0.00412. The molecule has 1 amide bonds. The predicted molar refractivity (Wildman–Crippen MR) is 124 cm³/mol. The zero-order chi connectivity index (χ0) is 24.0. The molecular weight excluding hydrogens is 434 g/mol. The van der Waals surface area contributed by atoms with Gasteiger partial charge in [0, 0.05) is 49.9 Å². The summed E-state index contributed by atoms with van der Waals surface area (Å²) >= 11 is 0. The van der Waals surface area contributed by atoms with Crippen LogP contribution in [0.1, 0.15) is 47.6 Å². The van der Waals surface area contributed by atoms with Gasteiger partial charge in [0.2, 0.25) is 0 Å². The molecule has 0 saturated heterocycles. The highest BCUT2D eigenvalue weighted by atomic mass is 16.5. The van der Waals surface area contributed by atoms with Gasteiger partial charge in [-0.3, -0.25) is 14.6 Å². The second kappa shape index (κ2) is 8.07. The van der Waals surface area contributed by atoms with Gasteiger partial charge in [-0.15, -0.1) is 0 Å². The third-order valence-electron chi connectivity index (χ3n) is 6.92. The van der Waals surface area contributed by atoms with Gasteiger partial charge in [-0.1, -0.05) is 6.58 Å². The molecular formula is C23H25N9O2. The molecule has 11 heteroatoms. The highest BCUT2D eigenvalue weighted by molar-refractivity contribution is 6.14. The first-order chi connectivity index (χ1) is 16.5. The van der Waals surface area contributed by atoms with Crippen molar-refractivity contribution in [2.45, 2.75) is 31.9 Å². The van der Waals surface area contributed by atoms with Crippen molar-refractivity contribution in [3.63, 3.8) is 0 Å². The fraction of sp³-hybridized carbons (Fsp3) is 0.391. The summed E-state index contributed by atoms with van der Waals surface area (Å²) in [7, 11) is 3.27. The van der Waals surface area contributed by atoms with E-state index in [1.165, 1.54) is 0 Å². The van der Waals surface area contributed by atoms with E-state index in [2.05, 4.69) is 38.4 Å². The third kappa shape index (κ3) is 3.18. The number of fused-ring (bicyclic) bond motifs is 1. The number of amides is 1. The Bertz CT molecular complexity index is 1290. The van der Waals surface area contributed by atoms with Gasteiger partial charge < -0.3 is 10.1 Å². The van der Waals surface area contributed by atoms with Crippen molar-refractivity contribution in [2.75, 3.05) is 14.2 Å². The van der Waals surface area contributed by atoms with Gasteiger partial charge in [0.15, 0.2) is 0 Å². The molecule has 2 N–H and O–H groups in total. The quantitative estimate of drug-likeness (QED) is 0.608. The minimum absolute atomic E-state index is 0.0566. The second-order valence-corrected chi connectivity index (χ2v) is 8.61. The number of nitrogens with zero attached hydrogens (tertiary/aromatic N) is 7. The maximum Gasteiger partial charge on any atom is 0.269 e. The van der Waals surface area contributed by atoms with Crippen molar-refractivity contribution in [2.24, 2.45) is 21.4 Å². The number of nitrogens with one attached hydrogen (secondary N) is 2. The zero-order valence-electron chi connectivity index (χ0n) is 19.2. The van der Waals surface area contributed by atoms with Crippen LogP contribution in [0.3, 0.4) is 0 Å². The van der Waals surface area contributed by atoms with Crippen LogP contribution in [0, 0.1) is 22.7 Å². The number of aliphatic imine (C=N–C) groups is 1. The van der Waals surface area contributed by atoms with Gasteiger partial charge in [-0.05, 0) is 19.4 Å². The number of carbonyl (C=O) groups excluding carboxylic acids is 1. The Morgan fingerprint density at radius 2 is 2.38 bits per heavy atom. The Labute approximate surface area is 196 Å². The molecule has 3 aliphatic rings. The van der Waals surface area contributed by atoms with Crippen LogP contribution in [0.5, 0.6) is 0 Å². The molecule has 0 radical (unpaired) electrons. The van der Waals surface area contributed by atoms with Crippen LogP contribution in [-0.4, -0.2) is 63.1 Å². The molecule has 2 aromatic heterocycles. The van der Waals surface area contributed by atoms with Gasteiger partial charge in [-0.25, -0.2) is 10.0 Å². The summed E-state index contributed by atoms with van der Waals surface area (Å²) in [5.74, 6) is 0.0263. The molecule has 34 heavy (non-hydrogen) atoms. The van der Waals surface area contributed by atoms with E-state index in [0.717, 1.165) is 12.0 Å². The average Bonchev–Trinajstić information content (AvgIpc) is 3.30. The minimum Gasteiger partial charge on any atom is -0.381 e. The lowest BCUT2D eigenvalue weighted by Crippen LogP contribution is -2.32. The SMILES string of the molecule is C=C1C(c2cnn(C3C4[C@@H](OC)C[C@@]43CC#N)c2)=NC(c2cc(C(=O)NC)[nH]n2)=CN1/N=C\C. The van der Waals surface area contributed by atoms with Crippen LogP contribution in [0.4, 0.5) is 0 Å². The van der Waals surface area contributed by atoms with E-state index in [1.54, 1.807) is 43.8 Å². The molecule has 2 aromatic rings. The largest absolute Gasteiger partial charge is 0.381 e. The number of nitriles is 1. The van der Waals surface area contributed by atoms with Crippen LogP contribution >= 0.6 is 0 Å². The number of methoxy groups -OCH3 is 1. The normalized spacial score (nSPS) is 27.5. The summed E-state index contributed by atoms with van der Waals surface area (Å²) in [6.07, 6.45) is 8.58. The summed E-state index contributed by atoms with van der Waals surface area (Å²) in [6, 6.07) is 4.09. The number of ether oxygens (including phenoxy) is 1. The number of hydrogen-bond donors (Lipinski definition) is 2.